The van der Waals surface area contributed by atoms with Crippen LogP contribution in [0.15, 0.2) is 6.07 Å². The summed E-state index contributed by atoms with van der Waals surface area (Å²) in [5, 5.41) is 0.289. The van der Waals surface area contributed by atoms with Crippen LogP contribution < -0.4 is 10.6 Å². The second kappa shape index (κ2) is 4.75. The third-order valence-corrected chi connectivity index (χ3v) is 2.89. The first-order valence-corrected chi connectivity index (χ1v) is 5.73. The molecule has 1 aliphatic heterocycles. The molecular weight excluding hydrogens is 242 g/mol. The molecule has 7 heteroatoms. The fourth-order valence-electron chi connectivity index (χ4n) is 1.77. The largest absolute Gasteiger partial charge is 0.368 e. The molecule has 1 saturated heterocycles. The summed E-state index contributed by atoms with van der Waals surface area (Å²) in [5.74, 6) is 0.791. The van der Waals surface area contributed by atoms with E-state index in [1.54, 1.807) is 18.0 Å². The van der Waals surface area contributed by atoms with Crippen LogP contribution in [0.25, 0.3) is 0 Å². The molecule has 0 bridgehead atoms. The normalized spacial score (nSPS) is 17.2. The summed E-state index contributed by atoms with van der Waals surface area (Å²) in [6, 6.07) is 1.62. The number of carbonyl (C=O) groups excluding carboxylic acids is 1. The minimum Gasteiger partial charge on any atom is -0.368 e. The van der Waals surface area contributed by atoms with Crippen LogP contribution in [0.4, 0.5) is 11.8 Å². The van der Waals surface area contributed by atoms with Crippen molar-refractivity contribution in [3.8, 4) is 0 Å². The van der Waals surface area contributed by atoms with E-state index in [-0.39, 0.29) is 17.0 Å². The lowest BCUT2D eigenvalue weighted by Gasteiger charge is -2.20. The first-order valence-electron chi connectivity index (χ1n) is 5.35. The van der Waals surface area contributed by atoms with Gasteiger partial charge in [0, 0.05) is 26.2 Å². The first kappa shape index (κ1) is 11.9. The topological polar surface area (TPSA) is 75.3 Å². The van der Waals surface area contributed by atoms with Crippen LogP contribution in [-0.4, -0.2) is 47.5 Å². The number of hydrogen-bond donors (Lipinski definition) is 1. The fourth-order valence-corrected chi connectivity index (χ4v) is 1.95. The van der Waals surface area contributed by atoms with Crippen LogP contribution in [0.1, 0.15) is 6.42 Å². The number of nitrogen functional groups attached to an aromatic ring is 1. The molecule has 0 radical (unpaired) electrons. The van der Waals surface area contributed by atoms with E-state index in [0.717, 1.165) is 19.5 Å². The smallest absolute Gasteiger partial charge is 0.241 e. The highest BCUT2D eigenvalue weighted by Crippen LogP contribution is 2.18. The Morgan fingerprint density at radius 3 is 2.88 bits per heavy atom. The average molecular weight is 256 g/mol. The quantitative estimate of drug-likeness (QED) is 0.735. The van der Waals surface area contributed by atoms with Crippen molar-refractivity contribution < 1.29 is 4.79 Å². The molecule has 1 aromatic heterocycles. The Morgan fingerprint density at radius 1 is 1.41 bits per heavy atom. The molecule has 0 atom stereocenters. The van der Waals surface area contributed by atoms with E-state index in [1.807, 2.05) is 4.90 Å². The van der Waals surface area contributed by atoms with Crippen molar-refractivity contribution in [2.24, 2.45) is 0 Å². The van der Waals surface area contributed by atoms with Crippen LogP contribution in [-0.2, 0) is 4.79 Å². The fraction of sp³-hybridized carbons (Fsp3) is 0.500. The minimum absolute atomic E-state index is 0.0656. The highest BCUT2D eigenvalue weighted by molar-refractivity contribution is 6.29. The summed E-state index contributed by atoms with van der Waals surface area (Å²) in [4.78, 5) is 23.2. The van der Waals surface area contributed by atoms with E-state index in [9.17, 15) is 4.79 Å². The zero-order valence-corrected chi connectivity index (χ0v) is 10.3. The van der Waals surface area contributed by atoms with E-state index in [2.05, 4.69) is 9.97 Å². The molecule has 1 amide bonds. The molecule has 2 heterocycles. The molecule has 0 aliphatic carbocycles. The zero-order chi connectivity index (χ0) is 12.4. The number of anilines is 2. The molecule has 0 unspecified atom stereocenters. The number of nitrogens with zero attached hydrogens (tertiary/aromatic N) is 4. The number of carbonyl (C=O) groups is 1. The molecule has 1 aromatic rings. The Kier molecular flexibility index (Phi) is 3.33. The molecule has 2 rings (SSSR count). The van der Waals surface area contributed by atoms with E-state index in [0.29, 0.717) is 12.4 Å². The van der Waals surface area contributed by atoms with Gasteiger partial charge in [-0.2, -0.15) is 4.98 Å². The number of hydrogen-bond acceptors (Lipinski definition) is 5. The molecule has 0 spiro atoms. The molecule has 0 aromatic carbocycles. The average Bonchev–Trinajstić information content (AvgIpc) is 2.40. The molecule has 6 nitrogen and oxygen atoms in total. The number of nitrogens with two attached hydrogens (primary N) is 1. The van der Waals surface area contributed by atoms with Crippen LogP contribution in [0.2, 0.25) is 5.15 Å². The van der Waals surface area contributed by atoms with Crippen molar-refractivity contribution in [2.75, 3.05) is 37.3 Å². The molecule has 17 heavy (non-hydrogen) atoms. The predicted octanol–water partition coefficient (Wildman–Crippen LogP) is 0.381. The zero-order valence-electron chi connectivity index (χ0n) is 9.56. The molecular formula is C10H14ClN5O. The number of aromatic nitrogens is 2. The number of halogens is 1. The van der Waals surface area contributed by atoms with E-state index >= 15 is 0 Å². The van der Waals surface area contributed by atoms with E-state index in [4.69, 9.17) is 17.3 Å². The van der Waals surface area contributed by atoms with Gasteiger partial charge in [-0.25, -0.2) is 4.98 Å². The SMILES string of the molecule is CN1CCCN(c2cc(Cl)nc(N)n2)CC1=O. The van der Waals surface area contributed by atoms with Crippen LogP contribution in [0.3, 0.4) is 0 Å². The summed E-state index contributed by atoms with van der Waals surface area (Å²) < 4.78 is 0. The van der Waals surface area contributed by atoms with Gasteiger partial charge < -0.3 is 15.5 Å². The Labute approximate surface area is 104 Å². The lowest BCUT2D eigenvalue weighted by atomic mass is 10.4. The van der Waals surface area contributed by atoms with Gasteiger partial charge >= 0.3 is 0 Å². The Bertz CT molecular complexity index is 418. The van der Waals surface area contributed by atoms with Gasteiger partial charge in [0.05, 0.1) is 6.54 Å². The van der Waals surface area contributed by atoms with Crippen LogP contribution >= 0.6 is 11.6 Å². The van der Waals surface area contributed by atoms with Gasteiger partial charge in [-0.1, -0.05) is 11.6 Å². The van der Waals surface area contributed by atoms with Crippen molar-refractivity contribution in [1.82, 2.24) is 14.9 Å². The maximum absolute atomic E-state index is 11.7. The number of likely N-dealkylation sites (N-methyl/N-ethyl adjacent to an activating group) is 1. The Balaban J connectivity index is 2.23. The summed E-state index contributed by atoms with van der Waals surface area (Å²) in [6.07, 6.45) is 0.893. The highest BCUT2D eigenvalue weighted by atomic mass is 35.5. The van der Waals surface area contributed by atoms with Gasteiger partial charge in [0.25, 0.3) is 0 Å². The monoisotopic (exact) mass is 255 g/mol. The van der Waals surface area contributed by atoms with Gasteiger partial charge in [-0.3, -0.25) is 4.79 Å². The predicted molar refractivity (Wildman–Crippen MR) is 65.9 cm³/mol. The van der Waals surface area contributed by atoms with Crippen molar-refractivity contribution in [2.45, 2.75) is 6.42 Å². The van der Waals surface area contributed by atoms with Crippen molar-refractivity contribution in [3.05, 3.63) is 11.2 Å². The van der Waals surface area contributed by atoms with Gasteiger partial charge in [-0.15, -0.1) is 0 Å². The summed E-state index contributed by atoms with van der Waals surface area (Å²) in [5.41, 5.74) is 5.54. The Morgan fingerprint density at radius 2 is 2.18 bits per heavy atom. The third-order valence-electron chi connectivity index (χ3n) is 2.70. The molecule has 1 fully saturated rings. The maximum Gasteiger partial charge on any atom is 0.241 e. The standard InChI is InChI=1S/C10H14ClN5O/c1-15-3-2-4-16(6-9(15)17)8-5-7(11)13-10(12)14-8/h5H,2-4,6H2,1H3,(H2,12,13,14). The van der Waals surface area contributed by atoms with Gasteiger partial charge in [0.15, 0.2) is 0 Å². The maximum atomic E-state index is 11.7. The number of amides is 1. The lowest BCUT2D eigenvalue weighted by molar-refractivity contribution is -0.127. The first-order chi connectivity index (χ1) is 8.06. The van der Waals surface area contributed by atoms with E-state index < -0.39 is 0 Å². The second-order valence-corrected chi connectivity index (χ2v) is 4.38. The van der Waals surface area contributed by atoms with Crippen molar-refractivity contribution >= 4 is 29.3 Å². The van der Waals surface area contributed by atoms with E-state index in [1.165, 1.54) is 0 Å². The summed E-state index contributed by atoms with van der Waals surface area (Å²) in [7, 11) is 1.80. The van der Waals surface area contributed by atoms with Crippen molar-refractivity contribution in [1.29, 1.82) is 0 Å². The van der Waals surface area contributed by atoms with Crippen LogP contribution in [0.5, 0.6) is 0 Å². The molecule has 2 N–H and O–H groups in total. The Hall–Kier alpha value is -1.56. The van der Waals surface area contributed by atoms with Gasteiger partial charge in [-0.05, 0) is 6.42 Å². The van der Waals surface area contributed by atoms with Crippen LogP contribution in [0, 0.1) is 0 Å². The molecule has 0 saturated carbocycles. The second-order valence-electron chi connectivity index (χ2n) is 4.00. The molecule has 92 valence electrons. The summed E-state index contributed by atoms with van der Waals surface area (Å²) in [6.45, 7) is 1.80. The summed E-state index contributed by atoms with van der Waals surface area (Å²) >= 11 is 5.82. The van der Waals surface area contributed by atoms with Gasteiger partial charge in [0.1, 0.15) is 11.0 Å². The highest BCUT2D eigenvalue weighted by Gasteiger charge is 2.20. The molecule has 1 aliphatic rings. The number of rotatable bonds is 1. The minimum atomic E-state index is 0.0656. The van der Waals surface area contributed by atoms with Gasteiger partial charge in [0.2, 0.25) is 11.9 Å². The van der Waals surface area contributed by atoms with Crippen molar-refractivity contribution in [3.63, 3.8) is 0 Å². The third kappa shape index (κ3) is 2.76. The lowest BCUT2D eigenvalue weighted by Crippen LogP contribution is -2.34.